The van der Waals surface area contributed by atoms with E-state index >= 15 is 0 Å². The Morgan fingerprint density at radius 2 is 2.24 bits per heavy atom. The van der Waals surface area contributed by atoms with Crippen molar-refractivity contribution in [3.63, 3.8) is 0 Å². The SMILES string of the molecule is CCOc1cncc(C(CSC(C)C)NN)c1. The number of nitrogens with zero attached hydrogens (tertiary/aromatic N) is 1. The van der Waals surface area contributed by atoms with Crippen LogP contribution in [0.3, 0.4) is 0 Å². The predicted octanol–water partition coefficient (Wildman–Crippen LogP) is 2.13. The summed E-state index contributed by atoms with van der Waals surface area (Å²) in [5, 5.41) is 0.592. The maximum absolute atomic E-state index is 5.58. The maximum atomic E-state index is 5.58. The van der Waals surface area contributed by atoms with Crippen LogP contribution in [-0.2, 0) is 0 Å². The standard InChI is InChI=1S/C12H21N3OS/c1-4-16-11-5-10(6-14-7-11)12(15-13)8-17-9(2)3/h5-7,9,12,15H,4,8,13H2,1-3H3. The lowest BCUT2D eigenvalue weighted by Gasteiger charge is -2.17. The third-order valence-electron chi connectivity index (χ3n) is 2.25. The third kappa shape index (κ3) is 4.93. The van der Waals surface area contributed by atoms with Crippen molar-refractivity contribution in [2.45, 2.75) is 32.1 Å². The first-order valence-electron chi connectivity index (χ1n) is 5.82. The average Bonchev–Trinajstić information content (AvgIpc) is 2.30. The molecule has 0 aliphatic rings. The number of pyridine rings is 1. The largest absolute Gasteiger partial charge is 0.492 e. The number of hydrazine groups is 1. The molecule has 0 saturated carbocycles. The summed E-state index contributed by atoms with van der Waals surface area (Å²) in [5.41, 5.74) is 3.89. The van der Waals surface area contributed by atoms with E-state index in [1.165, 1.54) is 0 Å². The van der Waals surface area contributed by atoms with Gasteiger partial charge in [0.1, 0.15) is 5.75 Å². The van der Waals surface area contributed by atoms with Crippen molar-refractivity contribution in [3.05, 3.63) is 24.0 Å². The van der Waals surface area contributed by atoms with Gasteiger partial charge >= 0.3 is 0 Å². The predicted molar refractivity (Wildman–Crippen MR) is 73.1 cm³/mol. The molecule has 1 rings (SSSR count). The van der Waals surface area contributed by atoms with Crippen molar-refractivity contribution in [1.82, 2.24) is 10.4 Å². The summed E-state index contributed by atoms with van der Waals surface area (Å²) in [4.78, 5) is 4.17. The van der Waals surface area contributed by atoms with Gasteiger partial charge in [-0.25, -0.2) is 0 Å². The molecule has 0 amide bonds. The lowest BCUT2D eigenvalue weighted by molar-refractivity contribution is 0.338. The zero-order valence-electron chi connectivity index (χ0n) is 10.6. The van der Waals surface area contributed by atoms with Crippen LogP contribution in [0.15, 0.2) is 18.5 Å². The van der Waals surface area contributed by atoms with Gasteiger partial charge in [0, 0.05) is 11.9 Å². The topological polar surface area (TPSA) is 60.2 Å². The molecule has 4 nitrogen and oxygen atoms in total. The van der Waals surface area contributed by atoms with E-state index in [1.807, 2.05) is 30.9 Å². The highest BCUT2D eigenvalue weighted by molar-refractivity contribution is 7.99. The van der Waals surface area contributed by atoms with Crippen LogP contribution in [-0.4, -0.2) is 22.6 Å². The van der Waals surface area contributed by atoms with Gasteiger partial charge in [-0.15, -0.1) is 0 Å². The number of nitrogens with one attached hydrogen (secondary N) is 1. The van der Waals surface area contributed by atoms with Crippen LogP contribution in [0, 0.1) is 0 Å². The fourth-order valence-electron chi connectivity index (χ4n) is 1.40. The van der Waals surface area contributed by atoms with Crippen LogP contribution < -0.4 is 16.0 Å². The van der Waals surface area contributed by atoms with E-state index in [0.29, 0.717) is 11.9 Å². The molecular weight excluding hydrogens is 234 g/mol. The number of hydrogen-bond acceptors (Lipinski definition) is 5. The van der Waals surface area contributed by atoms with Gasteiger partial charge < -0.3 is 4.74 Å². The first kappa shape index (κ1) is 14.3. The Bertz CT molecular complexity index is 333. The van der Waals surface area contributed by atoms with Crippen LogP contribution in [0.25, 0.3) is 0 Å². The lowest BCUT2D eigenvalue weighted by atomic mass is 10.1. The molecule has 1 heterocycles. The zero-order valence-corrected chi connectivity index (χ0v) is 11.5. The molecule has 17 heavy (non-hydrogen) atoms. The quantitative estimate of drug-likeness (QED) is 0.577. The molecule has 0 radical (unpaired) electrons. The molecule has 0 aliphatic carbocycles. The van der Waals surface area contributed by atoms with E-state index in [4.69, 9.17) is 10.6 Å². The number of aromatic nitrogens is 1. The van der Waals surface area contributed by atoms with Crippen LogP contribution in [0.5, 0.6) is 5.75 Å². The molecular formula is C12H21N3OS. The molecule has 96 valence electrons. The van der Waals surface area contributed by atoms with Gasteiger partial charge in [0.25, 0.3) is 0 Å². The maximum Gasteiger partial charge on any atom is 0.137 e. The number of hydrogen-bond donors (Lipinski definition) is 2. The second kappa shape index (κ2) is 7.53. The Morgan fingerprint density at radius 1 is 1.47 bits per heavy atom. The van der Waals surface area contributed by atoms with Crippen LogP contribution in [0.4, 0.5) is 0 Å². The molecule has 1 unspecified atom stereocenters. The molecule has 0 spiro atoms. The Kier molecular flexibility index (Phi) is 6.32. The van der Waals surface area contributed by atoms with Crippen molar-refractivity contribution < 1.29 is 4.74 Å². The number of nitrogens with two attached hydrogens (primary N) is 1. The Balaban J connectivity index is 2.69. The minimum Gasteiger partial charge on any atom is -0.492 e. The summed E-state index contributed by atoms with van der Waals surface area (Å²) < 4.78 is 5.43. The van der Waals surface area contributed by atoms with Crippen LogP contribution in [0.1, 0.15) is 32.4 Å². The van der Waals surface area contributed by atoms with E-state index in [9.17, 15) is 0 Å². The monoisotopic (exact) mass is 255 g/mol. The Hall–Kier alpha value is -0.780. The number of ether oxygens (including phenoxy) is 1. The molecule has 0 aromatic carbocycles. The highest BCUT2D eigenvalue weighted by Crippen LogP contribution is 2.22. The van der Waals surface area contributed by atoms with Crippen molar-refractivity contribution in [1.29, 1.82) is 0 Å². The average molecular weight is 255 g/mol. The van der Waals surface area contributed by atoms with Crippen molar-refractivity contribution in [2.75, 3.05) is 12.4 Å². The van der Waals surface area contributed by atoms with Gasteiger partial charge in [0.15, 0.2) is 0 Å². The Labute approximate surface area is 107 Å². The summed E-state index contributed by atoms with van der Waals surface area (Å²) in [7, 11) is 0. The summed E-state index contributed by atoms with van der Waals surface area (Å²) >= 11 is 1.87. The van der Waals surface area contributed by atoms with Crippen molar-refractivity contribution in [2.24, 2.45) is 5.84 Å². The molecule has 0 saturated heterocycles. The molecule has 0 bridgehead atoms. The normalized spacial score (nSPS) is 12.8. The van der Waals surface area contributed by atoms with Gasteiger partial charge in [-0.05, 0) is 23.8 Å². The second-order valence-corrected chi connectivity index (χ2v) is 5.60. The van der Waals surface area contributed by atoms with Gasteiger partial charge in [-0.1, -0.05) is 13.8 Å². The van der Waals surface area contributed by atoms with Crippen molar-refractivity contribution in [3.8, 4) is 5.75 Å². The molecule has 0 fully saturated rings. The van der Waals surface area contributed by atoms with E-state index in [2.05, 4.69) is 24.3 Å². The van der Waals surface area contributed by atoms with Gasteiger partial charge in [-0.3, -0.25) is 16.3 Å². The van der Waals surface area contributed by atoms with E-state index in [1.54, 1.807) is 6.20 Å². The fourth-order valence-corrected chi connectivity index (χ4v) is 2.27. The molecule has 0 aliphatic heterocycles. The van der Waals surface area contributed by atoms with E-state index in [0.717, 1.165) is 17.1 Å². The molecule has 1 aromatic rings. The molecule has 1 aromatic heterocycles. The summed E-state index contributed by atoms with van der Waals surface area (Å²) in [6, 6.07) is 2.09. The summed E-state index contributed by atoms with van der Waals surface area (Å²) in [5.74, 6) is 7.30. The lowest BCUT2D eigenvalue weighted by Crippen LogP contribution is -2.30. The molecule has 5 heteroatoms. The second-order valence-electron chi connectivity index (χ2n) is 3.99. The summed E-state index contributed by atoms with van der Waals surface area (Å²) in [6.07, 6.45) is 3.55. The van der Waals surface area contributed by atoms with Gasteiger partial charge in [0.2, 0.25) is 0 Å². The third-order valence-corrected chi connectivity index (χ3v) is 3.44. The zero-order chi connectivity index (χ0) is 12.7. The fraction of sp³-hybridized carbons (Fsp3) is 0.583. The van der Waals surface area contributed by atoms with Crippen LogP contribution >= 0.6 is 11.8 Å². The highest BCUT2D eigenvalue weighted by atomic mass is 32.2. The number of rotatable bonds is 7. The first-order chi connectivity index (χ1) is 8.17. The minimum atomic E-state index is 0.107. The highest BCUT2D eigenvalue weighted by Gasteiger charge is 2.12. The van der Waals surface area contributed by atoms with E-state index < -0.39 is 0 Å². The van der Waals surface area contributed by atoms with E-state index in [-0.39, 0.29) is 6.04 Å². The molecule has 1 atom stereocenters. The van der Waals surface area contributed by atoms with Crippen LogP contribution in [0.2, 0.25) is 0 Å². The Morgan fingerprint density at radius 3 is 2.82 bits per heavy atom. The number of thioether (sulfide) groups is 1. The minimum absolute atomic E-state index is 0.107. The smallest absolute Gasteiger partial charge is 0.137 e. The summed E-state index contributed by atoms with van der Waals surface area (Å²) in [6.45, 7) is 6.95. The van der Waals surface area contributed by atoms with Gasteiger partial charge in [-0.2, -0.15) is 11.8 Å². The molecule has 3 N–H and O–H groups in total. The van der Waals surface area contributed by atoms with Gasteiger partial charge in [0.05, 0.1) is 18.8 Å². The van der Waals surface area contributed by atoms with Crippen molar-refractivity contribution >= 4 is 11.8 Å². The first-order valence-corrected chi connectivity index (χ1v) is 6.87.